The number of unbranched alkanes of at least 4 members (excludes halogenated alkanes) is 1. The van der Waals surface area contributed by atoms with Gasteiger partial charge in [0.15, 0.2) is 0 Å². The smallest absolute Gasteiger partial charge is 0.338 e. The monoisotopic (exact) mass is 381 g/mol. The Hall–Kier alpha value is -2.66. The summed E-state index contributed by atoms with van der Waals surface area (Å²) in [5, 5.41) is 9.65. The molecule has 2 aromatic rings. The second kappa shape index (κ2) is 8.15. The molecule has 3 N–H and O–H groups in total. The summed E-state index contributed by atoms with van der Waals surface area (Å²) < 4.78 is 5.52. The van der Waals surface area contributed by atoms with E-state index in [1.165, 1.54) is 0 Å². The van der Waals surface area contributed by atoms with E-state index in [4.69, 9.17) is 10.5 Å². The van der Waals surface area contributed by atoms with Crippen molar-refractivity contribution < 1.29 is 19.4 Å². The van der Waals surface area contributed by atoms with Crippen LogP contribution in [0.2, 0.25) is 0 Å². The van der Waals surface area contributed by atoms with Crippen LogP contribution in [0.1, 0.15) is 50.2 Å². The molecule has 0 bridgehead atoms. The van der Waals surface area contributed by atoms with Crippen LogP contribution < -0.4 is 5.73 Å². The Balaban J connectivity index is 1.81. The molecule has 3 rings (SSSR count). The number of esters is 1. The van der Waals surface area contributed by atoms with E-state index in [-0.39, 0.29) is 12.5 Å². The molecule has 0 aromatic heterocycles. The van der Waals surface area contributed by atoms with Crippen molar-refractivity contribution in [3.8, 4) is 11.1 Å². The first-order valence-corrected chi connectivity index (χ1v) is 9.79. The fraction of sp³-hybridized carbons (Fsp3) is 0.391. The van der Waals surface area contributed by atoms with E-state index in [9.17, 15) is 14.7 Å². The van der Waals surface area contributed by atoms with Gasteiger partial charge in [-0.3, -0.25) is 0 Å². The highest BCUT2D eigenvalue weighted by Crippen LogP contribution is 2.44. The number of carbonyl (C=O) groups is 2. The van der Waals surface area contributed by atoms with E-state index in [2.05, 4.69) is 0 Å². The van der Waals surface area contributed by atoms with E-state index in [1.54, 1.807) is 6.92 Å². The zero-order valence-electron chi connectivity index (χ0n) is 16.4. The number of carboxylic acid groups (broad SMARTS) is 1. The normalized spacial score (nSPS) is 16.0. The molecular formula is C23H27NO4. The SMILES string of the molecule is CCCC[C@H](C)C(N)(C(=O)O)C(=O)OCC1c2ccccc2-c2ccccc21. The minimum absolute atomic E-state index is 0.0690. The highest BCUT2D eigenvalue weighted by Gasteiger charge is 2.49. The third kappa shape index (κ3) is 3.42. The van der Waals surface area contributed by atoms with E-state index < -0.39 is 23.4 Å². The summed E-state index contributed by atoms with van der Waals surface area (Å²) >= 11 is 0. The molecule has 5 heteroatoms. The zero-order chi connectivity index (χ0) is 20.3. The third-order valence-electron chi connectivity index (χ3n) is 5.80. The molecule has 0 amide bonds. The molecule has 148 valence electrons. The first-order chi connectivity index (χ1) is 13.4. The van der Waals surface area contributed by atoms with Gasteiger partial charge in [0.25, 0.3) is 0 Å². The van der Waals surface area contributed by atoms with E-state index in [0.717, 1.165) is 35.1 Å². The summed E-state index contributed by atoms with van der Waals surface area (Å²) in [6, 6.07) is 16.0. The summed E-state index contributed by atoms with van der Waals surface area (Å²) in [5.41, 5.74) is 8.42. The highest BCUT2D eigenvalue weighted by atomic mass is 16.5. The van der Waals surface area contributed by atoms with Gasteiger partial charge in [0.1, 0.15) is 6.61 Å². The maximum atomic E-state index is 12.8. The number of rotatable bonds is 8. The van der Waals surface area contributed by atoms with Crippen LogP contribution >= 0.6 is 0 Å². The van der Waals surface area contributed by atoms with Gasteiger partial charge in [-0.1, -0.05) is 75.2 Å². The Morgan fingerprint density at radius 3 is 2.14 bits per heavy atom. The van der Waals surface area contributed by atoms with Gasteiger partial charge in [0, 0.05) is 5.92 Å². The van der Waals surface area contributed by atoms with Gasteiger partial charge in [0.2, 0.25) is 5.54 Å². The van der Waals surface area contributed by atoms with Crippen molar-refractivity contribution in [2.75, 3.05) is 6.61 Å². The quantitative estimate of drug-likeness (QED) is 0.534. The molecular weight excluding hydrogens is 354 g/mol. The molecule has 2 atom stereocenters. The average Bonchev–Trinajstić information content (AvgIpc) is 3.03. The molecule has 28 heavy (non-hydrogen) atoms. The minimum atomic E-state index is -2.03. The highest BCUT2D eigenvalue weighted by molar-refractivity contribution is 6.04. The fourth-order valence-electron chi connectivity index (χ4n) is 3.96. The molecule has 0 fully saturated rings. The lowest BCUT2D eigenvalue weighted by atomic mass is 9.82. The summed E-state index contributed by atoms with van der Waals surface area (Å²) in [5.74, 6) is -2.85. The van der Waals surface area contributed by atoms with Crippen molar-refractivity contribution in [2.24, 2.45) is 11.7 Å². The Bertz CT molecular complexity index is 833. The molecule has 1 aliphatic carbocycles. The number of carboxylic acids is 1. The summed E-state index contributed by atoms with van der Waals surface area (Å²) in [7, 11) is 0. The number of aliphatic carboxylic acids is 1. The largest absolute Gasteiger partial charge is 0.479 e. The summed E-state index contributed by atoms with van der Waals surface area (Å²) in [6.07, 6.45) is 2.28. The number of fused-ring (bicyclic) bond motifs is 3. The Labute approximate surface area is 165 Å². The van der Waals surface area contributed by atoms with Crippen LogP contribution in [0, 0.1) is 5.92 Å². The van der Waals surface area contributed by atoms with Crippen LogP contribution in [0.5, 0.6) is 0 Å². The molecule has 0 radical (unpaired) electrons. The maximum absolute atomic E-state index is 12.8. The van der Waals surface area contributed by atoms with Crippen molar-refractivity contribution in [3.63, 3.8) is 0 Å². The van der Waals surface area contributed by atoms with Gasteiger partial charge in [-0.05, 0) is 34.6 Å². The van der Waals surface area contributed by atoms with Crippen LogP contribution in [-0.2, 0) is 14.3 Å². The molecule has 0 heterocycles. The predicted octanol–water partition coefficient (Wildman–Crippen LogP) is 3.95. The molecule has 0 spiro atoms. The van der Waals surface area contributed by atoms with Gasteiger partial charge in [-0.25, -0.2) is 9.59 Å². The standard InChI is InChI=1S/C23H27NO4/c1-3-4-9-15(2)23(24,21(25)26)22(27)28-14-20-18-12-7-5-10-16(18)17-11-6-8-13-19(17)20/h5-8,10-13,15,20H,3-4,9,14,24H2,1-2H3,(H,25,26)/t15-,23?/m0/s1. The molecule has 2 aromatic carbocycles. The van der Waals surface area contributed by atoms with Crippen LogP contribution in [0.3, 0.4) is 0 Å². The van der Waals surface area contributed by atoms with Gasteiger partial charge >= 0.3 is 11.9 Å². The summed E-state index contributed by atoms with van der Waals surface area (Å²) in [4.78, 5) is 24.6. The van der Waals surface area contributed by atoms with Crippen molar-refractivity contribution in [1.29, 1.82) is 0 Å². The molecule has 0 saturated heterocycles. The van der Waals surface area contributed by atoms with Crippen LogP contribution in [0.15, 0.2) is 48.5 Å². The fourth-order valence-corrected chi connectivity index (χ4v) is 3.96. The topological polar surface area (TPSA) is 89.6 Å². The van der Waals surface area contributed by atoms with Crippen LogP contribution in [-0.4, -0.2) is 29.2 Å². The number of nitrogens with two attached hydrogens (primary N) is 1. The Morgan fingerprint density at radius 1 is 1.11 bits per heavy atom. The number of ether oxygens (including phenoxy) is 1. The van der Waals surface area contributed by atoms with Crippen molar-refractivity contribution in [3.05, 3.63) is 59.7 Å². The van der Waals surface area contributed by atoms with Gasteiger partial charge < -0.3 is 15.6 Å². The molecule has 1 aliphatic rings. The maximum Gasteiger partial charge on any atom is 0.338 e. The first kappa shape index (κ1) is 20.1. The molecule has 0 saturated carbocycles. The van der Waals surface area contributed by atoms with Crippen molar-refractivity contribution in [1.82, 2.24) is 0 Å². The number of hydrogen-bond donors (Lipinski definition) is 2. The number of benzene rings is 2. The third-order valence-corrected chi connectivity index (χ3v) is 5.80. The molecule has 1 unspecified atom stereocenters. The Kier molecular flexibility index (Phi) is 5.84. The van der Waals surface area contributed by atoms with E-state index >= 15 is 0 Å². The average molecular weight is 381 g/mol. The predicted molar refractivity (Wildman–Crippen MR) is 108 cm³/mol. The first-order valence-electron chi connectivity index (χ1n) is 9.79. The van der Waals surface area contributed by atoms with Crippen LogP contribution in [0.4, 0.5) is 0 Å². The van der Waals surface area contributed by atoms with Gasteiger partial charge in [-0.15, -0.1) is 0 Å². The molecule has 0 aliphatic heterocycles. The van der Waals surface area contributed by atoms with Crippen molar-refractivity contribution in [2.45, 2.75) is 44.6 Å². The van der Waals surface area contributed by atoms with Gasteiger partial charge in [-0.2, -0.15) is 0 Å². The zero-order valence-corrected chi connectivity index (χ0v) is 16.4. The van der Waals surface area contributed by atoms with Gasteiger partial charge in [0.05, 0.1) is 0 Å². The van der Waals surface area contributed by atoms with E-state index in [1.807, 2.05) is 55.5 Å². The second-order valence-electron chi connectivity index (χ2n) is 7.54. The minimum Gasteiger partial charge on any atom is -0.479 e. The Morgan fingerprint density at radius 2 is 1.64 bits per heavy atom. The van der Waals surface area contributed by atoms with Crippen LogP contribution in [0.25, 0.3) is 11.1 Å². The second-order valence-corrected chi connectivity index (χ2v) is 7.54. The number of carbonyl (C=O) groups excluding carboxylic acids is 1. The van der Waals surface area contributed by atoms with Crippen molar-refractivity contribution >= 4 is 11.9 Å². The lowest BCUT2D eigenvalue weighted by Crippen LogP contribution is -2.60. The molecule has 5 nitrogen and oxygen atoms in total. The van der Waals surface area contributed by atoms with E-state index in [0.29, 0.717) is 6.42 Å². The summed E-state index contributed by atoms with van der Waals surface area (Å²) in [6.45, 7) is 3.78. The number of hydrogen-bond acceptors (Lipinski definition) is 4. The lowest BCUT2D eigenvalue weighted by Gasteiger charge is -2.29. The lowest BCUT2D eigenvalue weighted by molar-refractivity contribution is -0.164.